The van der Waals surface area contributed by atoms with Gasteiger partial charge in [-0.3, -0.25) is 9.69 Å². The first-order chi connectivity index (χ1) is 14.0. The van der Waals surface area contributed by atoms with E-state index in [2.05, 4.69) is 32.4 Å². The summed E-state index contributed by atoms with van der Waals surface area (Å²) >= 11 is 0. The molecule has 1 aliphatic rings. The van der Waals surface area contributed by atoms with Gasteiger partial charge >= 0.3 is 0 Å². The third-order valence-corrected chi connectivity index (χ3v) is 5.72. The molecule has 2 aromatic heterocycles. The number of hydrogen-bond donors (Lipinski definition) is 3. The van der Waals surface area contributed by atoms with Crippen LogP contribution in [-0.2, 0) is 6.54 Å². The molecule has 1 saturated heterocycles. The summed E-state index contributed by atoms with van der Waals surface area (Å²) in [6.07, 6.45) is 5.38. The zero-order valence-electron chi connectivity index (χ0n) is 16.7. The molecule has 0 spiro atoms. The summed E-state index contributed by atoms with van der Waals surface area (Å²) < 4.78 is 13.1. The van der Waals surface area contributed by atoms with Crippen molar-refractivity contribution in [1.82, 2.24) is 20.2 Å². The Labute approximate surface area is 169 Å². The third-order valence-electron chi connectivity index (χ3n) is 5.72. The van der Waals surface area contributed by atoms with Gasteiger partial charge in [0.05, 0.1) is 11.3 Å². The lowest BCUT2D eigenvalue weighted by Gasteiger charge is -2.38. The molecule has 1 aliphatic heterocycles. The molecule has 0 aliphatic carbocycles. The summed E-state index contributed by atoms with van der Waals surface area (Å²) in [6, 6.07) is 9.31. The fourth-order valence-corrected chi connectivity index (χ4v) is 4.09. The summed E-state index contributed by atoms with van der Waals surface area (Å²) in [5, 5.41) is 7.24. The number of nitrogens with zero attached hydrogens (tertiary/aromatic N) is 2. The number of carbonyl (C=O) groups excluding carboxylic acids is 1. The van der Waals surface area contributed by atoms with E-state index in [1.165, 1.54) is 12.1 Å². The average Bonchev–Trinajstić information content (AvgIpc) is 3.20. The van der Waals surface area contributed by atoms with Crippen molar-refractivity contribution in [3.05, 3.63) is 59.7 Å². The molecule has 0 saturated carbocycles. The Kier molecular flexibility index (Phi) is 5.49. The highest BCUT2D eigenvalue weighted by atomic mass is 19.1. The van der Waals surface area contributed by atoms with E-state index in [1.54, 1.807) is 13.2 Å². The number of carbonyl (C=O) groups is 1. The van der Waals surface area contributed by atoms with E-state index in [0.717, 1.165) is 48.2 Å². The first-order valence-electron chi connectivity index (χ1n) is 9.98. The minimum atomic E-state index is -0.204. The van der Waals surface area contributed by atoms with E-state index in [-0.39, 0.29) is 17.8 Å². The van der Waals surface area contributed by atoms with Crippen LogP contribution in [0.1, 0.15) is 35.7 Å². The molecular weight excluding hydrogens is 369 g/mol. The molecule has 29 heavy (non-hydrogen) atoms. The van der Waals surface area contributed by atoms with Gasteiger partial charge in [0.1, 0.15) is 11.5 Å². The van der Waals surface area contributed by atoms with Crippen LogP contribution in [0, 0.1) is 5.82 Å². The van der Waals surface area contributed by atoms with E-state index >= 15 is 0 Å². The van der Waals surface area contributed by atoms with Crippen LogP contribution in [0.4, 0.5) is 10.1 Å². The number of likely N-dealkylation sites (tertiary alicyclic amines) is 1. The molecule has 1 fully saturated rings. The summed E-state index contributed by atoms with van der Waals surface area (Å²) in [5.41, 5.74) is 3.28. The number of hydrogen-bond acceptors (Lipinski definition) is 4. The number of fused-ring (bicyclic) bond motifs is 1. The Morgan fingerprint density at radius 3 is 2.83 bits per heavy atom. The van der Waals surface area contributed by atoms with Gasteiger partial charge in [-0.2, -0.15) is 0 Å². The number of H-pyrrole nitrogens is 1. The molecule has 1 aromatic carbocycles. The van der Waals surface area contributed by atoms with Crippen LogP contribution in [0.3, 0.4) is 0 Å². The standard InChI is InChI=1S/C22H26FN5O/c1-14-11-17(8-10-28(14)13-15-3-5-16(23)6-4-15)27-20-18-7-9-25-21(18)26-12-19(20)22(29)24-2/h3-7,9,12,14,17H,8,10-11,13H2,1-2H3,(H,24,29)(H2,25,26,27)/t14-,17-/m0/s1. The molecule has 4 rings (SSSR count). The van der Waals surface area contributed by atoms with Crippen molar-refractivity contribution in [3.63, 3.8) is 0 Å². The van der Waals surface area contributed by atoms with E-state index in [0.29, 0.717) is 11.6 Å². The fraction of sp³-hybridized carbons (Fsp3) is 0.364. The van der Waals surface area contributed by atoms with Crippen LogP contribution in [0.15, 0.2) is 42.7 Å². The molecule has 3 heterocycles. The second kappa shape index (κ2) is 8.21. The van der Waals surface area contributed by atoms with Crippen molar-refractivity contribution in [2.75, 3.05) is 18.9 Å². The van der Waals surface area contributed by atoms with Gasteiger partial charge in [-0.1, -0.05) is 12.1 Å². The first-order valence-corrected chi connectivity index (χ1v) is 9.98. The van der Waals surface area contributed by atoms with Gasteiger partial charge in [0, 0.05) is 50.0 Å². The number of pyridine rings is 1. The quantitative estimate of drug-likeness (QED) is 0.618. The van der Waals surface area contributed by atoms with Crippen LogP contribution in [-0.4, -0.2) is 46.5 Å². The maximum atomic E-state index is 13.1. The van der Waals surface area contributed by atoms with Crippen molar-refractivity contribution in [3.8, 4) is 0 Å². The lowest BCUT2D eigenvalue weighted by molar-refractivity contribution is 0.0963. The average molecular weight is 395 g/mol. The zero-order chi connectivity index (χ0) is 20.4. The van der Waals surface area contributed by atoms with Gasteiger partial charge in [0.25, 0.3) is 5.91 Å². The largest absolute Gasteiger partial charge is 0.381 e. The van der Waals surface area contributed by atoms with Gasteiger partial charge in [0.15, 0.2) is 0 Å². The summed E-state index contributed by atoms with van der Waals surface area (Å²) in [6.45, 7) is 3.97. The Hall–Kier alpha value is -2.93. The molecule has 2 atom stereocenters. The molecule has 3 aromatic rings. The van der Waals surface area contributed by atoms with Crippen molar-refractivity contribution >= 4 is 22.6 Å². The van der Waals surface area contributed by atoms with Crippen LogP contribution in [0.5, 0.6) is 0 Å². The van der Waals surface area contributed by atoms with Gasteiger partial charge in [-0.05, 0) is 43.5 Å². The van der Waals surface area contributed by atoms with Crippen LogP contribution in [0.25, 0.3) is 11.0 Å². The first kappa shape index (κ1) is 19.4. The van der Waals surface area contributed by atoms with E-state index in [1.807, 2.05) is 24.4 Å². The lowest BCUT2D eigenvalue weighted by Crippen LogP contribution is -2.44. The molecule has 3 N–H and O–H groups in total. The molecule has 152 valence electrons. The number of nitrogens with one attached hydrogen (secondary N) is 3. The van der Waals surface area contributed by atoms with Gasteiger partial charge in [-0.15, -0.1) is 0 Å². The Balaban J connectivity index is 1.48. The van der Waals surface area contributed by atoms with Gasteiger partial charge in [-0.25, -0.2) is 9.37 Å². The number of rotatable bonds is 5. The zero-order valence-corrected chi connectivity index (χ0v) is 16.7. The van der Waals surface area contributed by atoms with Crippen molar-refractivity contribution < 1.29 is 9.18 Å². The minimum absolute atomic E-state index is 0.148. The fourth-order valence-electron chi connectivity index (χ4n) is 4.09. The maximum absolute atomic E-state index is 13.1. The number of anilines is 1. The molecule has 0 radical (unpaired) electrons. The van der Waals surface area contributed by atoms with Gasteiger partial charge in [0.2, 0.25) is 0 Å². The van der Waals surface area contributed by atoms with E-state index in [9.17, 15) is 9.18 Å². The number of amides is 1. The van der Waals surface area contributed by atoms with Crippen molar-refractivity contribution in [1.29, 1.82) is 0 Å². The van der Waals surface area contributed by atoms with E-state index in [4.69, 9.17) is 0 Å². The highest BCUT2D eigenvalue weighted by Gasteiger charge is 2.27. The number of halogens is 1. The smallest absolute Gasteiger partial charge is 0.254 e. The second-order valence-corrected chi connectivity index (χ2v) is 7.68. The number of piperidine rings is 1. The SMILES string of the molecule is CNC(=O)c1cnc2[nH]ccc2c1N[C@H]1CCN(Cc2ccc(F)cc2)[C@@H](C)C1. The molecule has 1 amide bonds. The Morgan fingerprint density at radius 1 is 1.31 bits per heavy atom. The third kappa shape index (κ3) is 4.10. The normalized spacial score (nSPS) is 20.0. The minimum Gasteiger partial charge on any atom is -0.381 e. The predicted molar refractivity (Wildman–Crippen MR) is 112 cm³/mol. The second-order valence-electron chi connectivity index (χ2n) is 7.68. The van der Waals surface area contributed by atoms with Crippen LogP contribution < -0.4 is 10.6 Å². The van der Waals surface area contributed by atoms with Crippen molar-refractivity contribution in [2.45, 2.75) is 38.4 Å². The molecule has 6 nitrogen and oxygen atoms in total. The van der Waals surface area contributed by atoms with Crippen LogP contribution >= 0.6 is 0 Å². The number of benzene rings is 1. The molecule has 0 unspecified atom stereocenters. The maximum Gasteiger partial charge on any atom is 0.254 e. The molecule has 7 heteroatoms. The van der Waals surface area contributed by atoms with Gasteiger partial charge < -0.3 is 15.6 Å². The Bertz CT molecular complexity index is 1000. The molecular formula is C22H26FN5O. The summed E-state index contributed by atoms with van der Waals surface area (Å²) in [5.74, 6) is -0.352. The topological polar surface area (TPSA) is 73.0 Å². The number of aromatic amines is 1. The van der Waals surface area contributed by atoms with Crippen molar-refractivity contribution in [2.24, 2.45) is 0 Å². The summed E-state index contributed by atoms with van der Waals surface area (Å²) in [4.78, 5) is 22.2. The lowest BCUT2D eigenvalue weighted by atomic mass is 9.96. The Morgan fingerprint density at radius 2 is 2.10 bits per heavy atom. The predicted octanol–water partition coefficient (Wildman–Crippen LogP) is 3.53. The number of aromatic nitrogens is 2. The monoisotopic (exact) mass is 395 g/mol. The van der Waals surface area contributed by atoms with Crippen LogP contribution in [0.2, 0.25) is 0 Å². The summed E-state index contributed by atoms with van der Waals surface area (Å²) in [7, 11) is 1.63. The highest BCUT2D eigenvalue weighted by Crippen LogP contribution is 2.29. The highest BCUT2D eigenvalue weighted by molar-refractivity contribution is 6.06. The van der Waals surface area contributed by atoms with E-state index < -0.39 is 0 Å². The molecule has 0 bridgehead atoms.